The summed E-state index contributed by atoms with van der Waals surface area (Å²) >= 11 is 6.15. The minimum atomic E-state index is -0.605. The van der Waals surface area contributed by atoms with Gasteiger partial charge in [-0.1, -0.05) is 54.1 Å². The molecule has 0 aromatic heterocycles. The summed E-state index contributed by atoms with van der Waals surface area (Å²) in [6.45, 7) is 0.0445. The quantitative estimate of drug-likeness (QED) is 0.407. The molecule has 0 aliphatic carbocycles. The Morgan fingerprint density at radius 2 is 1.45 bits per heavy atom. The van der Waals surface area contributed by atoms with Crippen molar-refractivity contribution in [1.29, 1.82) is 0 Å². The van der Waals surface area contributed by atoms with Gasteiger partial charge in [-0.05, 0) is 30.3 Å². The topological polar surface area (TPSA) is 72.9 Å². The van der Waals surface area contributed by atoms with Gasteiger partial charge in [0.2, 0.25) is 0 Å². The second-order valence-corrected chi connectivity index (χ2v) is 7.23. The third-order valence-electron chi connectivity index (χ3n) is 4.87. The SMILES string of the molecule is O=C(OCCN1C(=O)c2ccccc2C1=O)c1ccccc1OCc1ccccc1Cl. The molecule has 0 bridgehead atoms. The van der Waals surface area contributed by atoms with E-state index in [1.165, 1.54) is 0 Å². The molecule has 0 fully saturated rings. The van der Waals surface area contributed by atoms with Crippen molar-refractivity contribution < 1.29 is 23.9 Å². The molecule has 2 amide bonds. The van der Waals surface area contributed by atoms with Crippen LogP contribution in [0.15, 0.2) is 72.8 Å². The summed E-state index contributed by atoms with van der Waals surface area (Å²) in [4.78, 5) is 38.4. The van der Waals surface area contributed by atoms with Gasteiger partial charge in [0, 0.05) is 10.6 Å². The summed E-state index contributed by atoms with van der Waals surface area (Å²) in [5.41, 5.74) is 1.75. The molecule has 0 N–H and O–H groups in total. The van der Waals surface area contributed by atoms with Crippen molar-refractivity contribution in [3.8, 4) is 5.75 Å². The van der Waals surface area contributed by atoms with Crippen LogP contribution in [-0.2, 0) is 11.3 Å². The van der Waals surface area contributed by atoms with E-state index in [0.29, 0.717) is 21.9 Å². The van der Waals surface area contributed by atoms with Crippen molar-refractivity contribution in [1.82, 2.24) is 4.90 Å². The first-order valence-corrected chi connectivity index (χ1v) is 10.0. The molecule has 3 aromatic rings. The van der Waals surface area contributed by atoms with Crippen molar-refractivity contribution in [3.63, 3.8) is 0 Å². The number of esters is 1. The van der Waals surface area contributed by atoms with Crippen LogP contribution in [-0.4, -0.2) is 35.8 Å². The molecule has 1 heterocycles. The molecule has 3 aromatic carbocycles. The molecule has 0 spiro atoms. The van der Waals surface area contributed by atoms with Crippen LogP contribution in [0.5, 0.6) is 5.75 Å². The monoisotopic (exact) mass is 435 g/mol. The second kappa shape index (κ2) is 9.02. The fourth-order valence-electron chi connectivity index (χ4n) is 3.28. The van der Waals surface area contributed by atoms with Gasteiger partial charge < -0.3 is 9.47 Å². The summed E-state index contributed by atoms with van der Waals surface area (Å²) in [6.07, 6.45) is 0. The zero-order valence-corrected chi connectivity index (χ0v) is 17.2. The normalized spacial score (nSPS) is 12.6. The van der Waals surface area contributed by atoms with E-state index >= 15 is 0 Å². The van der Waals surface area contributed by atoms with Crippen LogP contribution in [0.2, 0.25) is 5.02 Å². The first-order chi connectivity index (χ1) is 15.1. The van der Waals surface area contributed by atoms with Gasteiger partial charge in [-0.25, -0.2) is 4.79 Å². The highest BCUT2D eigenvalue weighted by molar-refractivity contribution is 6.31. The van der Waals surface area contributed by atoms with E-state index < -0.39 is 5.97 Å². The van der Waals surface area contributed by atoms with Crippen LogP contribution in [0.4, 0.5) is 0 Å². The molecule has 4 rings (SSSR count). The van der Waals surface area contributed by atoms with Crippen molar-refractivity contribution in [2.24, 2.45) is 0 Å². The first-order valence-electron chi connectivity index (χ1n) is 9.64. The lowest BCUT2D eigenvalue weighted by atomic mass is 10.1. The van der Waals surface area contributed by atoms with E-state index in [1.54, 1.807) is 54.6 Å². The fourth-order valence-corrected chi connectivity index (χ4v) is 3.47. The van der Waals surface area contributed by atoms with Gasteiger partial charge in [0.1, 0.15) is 24.5 Å². The number of carbonyl (C=O) groups excluding carboxylic acids is 3. The van der Waals surface area contributed by atoms with Gasteiger partial charge >= 0.3 is 5.97 Å². The number of hydrogen-bond donors (Lipinski definition) is 0. The minimum absolute atomic E-state index is 0.0270. The molecule has 0 unspecified atom stereocenters. The summed E-state index contributed by atoms with van der Waals surface area (Å²) in [5, 5.41) is 0.573. The molecule has 156 valence electrons. The summed E-state index contributed by atoms with van der Waals surface area (Å²) in [5.74, 6) is -1.03. The second-order valence-electron chi connectivity index (χ2n) is 6.82. The van der Waals surface area contributed by atoms with E-state index in [0.717, 1.165) is 10.5 Å². The van der Waals surface area contributed by atoms with Crippen molar-refractivity contribution in [2.75, 3.05) is 13.2 Å². The van der Waals surface area contributed by atoms with E-state index in [-0.39, 0.29) is 37.1 Å². The molecule has 0 atom stereocenters. The van der Waals surface area contributed by atoms with E-state index in [1.807, 2.05) is 18.2 Å². The fraction of sp³-hybridized carbons (Fsp3) is 0.125. The molecule has 1 aliphatic heterocycles. The standard InChI is InChI=1S/C24H18ClNO5/c25-20-11-5-1-7-16(20)15-31-21-12-6-4-10-19(21)24(29)30-14-13-26-22(27)17-8-2-3-9-18(17)23(26)28/h1-12H,13-15H2. The molecule has 7 heteroatoms. The smallest absolute Gasteiger partial charge is 0.341 e. The number of carbonyl (C=O) groups is 3. The lowest BCUT2D eigenvalue weighted by molar-refractivity contribution is 0.0416. The number of fused-ring (bicyclic) bond motifs is 1. The maximum absolute atomic E-state index is 12.6. The zero-order chi connectivity index (χ0) is 21.8. The Morgan fingerprint density at radius 3 is 2.16 bits per heavy atom. The van der Waals surface area contributed by atoms with Crippen molar-refractivity contribution in [3.05, 3.63) is 100 Å². The Bertz CT molecular complexity index is 1120. The zero-order valence-electron chi connectivity index (χ0n) is 16.4. The van der Waals surface area contributed by atoms with E-state index in [2.05, 4.69) is 0 Å². The molecule has 0 saturated carbocycles. The highest BCUT2D eigenvalue weighted by atomic mass is 35.5. The Morgan fingerprint density at radius 1 is 0.839 bits per heavy atom. The minimum Gasteiger partial charge on any atom is -0.488 e. The number of imide groups is 1. The number of halogens is 1. The van der Waals surface area contributed by atoms with Gasteiger partial charge in [0.25, 0.3) is 11.8 Å². The van der Waals surface area contributed by atoms with Gasteiger partial charge in [0.05, 0.1) is 17.7 Å². The number of hydrogen-bond acceptors (Lipinski definition) is 5. The maximum atomic E-state index is 12.6. The Balaban J connectivity index is 1.37. The number of nitrogens with zero attached hydrogens (tertiary/aromatic N) is 1. The number of ether oxygens (including phenoxy) is 2. The van der Waals surface area contributed by atoms with Crippen LogP contribution in [0.3, 0.4) is 0 Å². The third-order valence-corrected chi connectivity index (χ3v) is 5.24. The Kier molecular flexibility index (Phi) is 6.00. The van der Waals surface area contributed by atoms with Crippen LogP contribution in [0.1, 0.15) is 36.6 Å². The van der Waals surface area contributed by atoms with Crippen LogP contribution < -0.4 is 4.74 Å². The van der Waals surface area contributed by atoms with Crippen LogP contribution in [0.25, 0.3) is 0 Å². The van der Waals surface area contributed by atoms with Crippen molar-refractivity contribution in [2.45, 2.75) is 6.61 Å². The molecular formula is C24H18ClNO5. The predicted octanol–water partition coefficient (Wildman–Crippen LogP) is 4.37. The molecule has 0 radical (unpaired) electrons. The van der Waals surface area contributed by atoms with Gasteiger partial charge in [0.15, 0.2) is 0 Å². The lowest BCUT2D eigenvalue weighted by Crippen LogP contribution is -2.33. The number of benzene rings is 3. The molecule has 31 heavy (non-hydrogen) atoms. The third kappa shape index (κ3) is 4.29. The highest BCUT2D eigenvalue weighted by Crippen LogP contribution is 2.24. The number of para-hydroxylation sites is 1. The molecule has 6 nitrogen and oxygen atoms in total. The summed E-state index contributed by atoms with van der Waals surface area (Å²) in [6, 6.07) is 20.6. The van der Waals surface area contributed by atoms with Crippen LogP contribution >= 0.6 is 11.6 Å². The van der Waals surface area contributed by atoms with Gasteiger partial charge in [-0.2, -0.15) is 0 Å². The molecular weight excluding hydrogens is 418 g/mol. The van der Waals surface area contributed by atoms with E-state index in [9.17, 15) is 14.4 Å². The van der Waals surface area contributed by atoms with Gasteiger partial charge in [-0.15, -0.1) is 0 Å². The summed E-state index contributed by atoms with van der Waals surface area (Å²) < 4.78 is 11.1. The Hall–Kier alpha value is -3.64. The van der Waals surface area contributed by atoms with Gasteiger partial charge in [-0.3, -0.25) is 14.5 Å². The maximum Gasteiger partial charge on any atom is 0.341 e. The number of amides is 2. The lowest BCUT2D eigenvalue weighted by Gasteiger charge is -2.15. The average Bonchev–Trinajstić information content (AvgIpc) is 3.04. The first kappa shape index (κ1) is 20.6. The van der Waals surface area contributed by atoms with Crippen molar-refractivity contribution >= 4 is 29.4 Å². The molecule has 0 saturated heterocycles. The predicted molar refractivity (Wildman–Crippen MR) is 114 cm³/mol. The largest absolute Gasteiger partial charge is 0.488 e. The van der Waals surface area contributed by atoms with E-state index in [4.69, 9.17) is 21.1 Å². The highest BCUT2D eigenvalue weighted by Gasteiger charge is 2.34. The summed E-state index contributed by atoms with van der Waals surface area (Å²) in [7, 11) is 0. The number of rotatable bonds is 7. The molecule has 1 aliphatic rings. The van der Waals surface area contributed by atoms with Crippen LogP contribution in [0, 0.1) is 0 Å². The Labute approximate surface area is 184 Å². The average molecular weight is 436 g/mol.